The Morgan fingerprint density at radius 2 is 1.67 bits per heavy atom. The molecule has 6 nitrogen and oxygen atoms in total. The highest BCUT2D eigenvalue weighted by atomic mass is 16.5. The molecule has 0 amide bonds. The number of rotatable bonds is 5. The van der Waals surface area contributed by atoms with Crippen LogP contribution >= 0.6 is 0 Å². The standard InChI is InChI=1S/C21H25N5O/c1-16-5-7-18(8-6-16)21-23-20(27-24-21)15-26-11-9-25(10-12-26)14-17-3-2-4-19(22)13-17/h2-8,13H,9-12,14-15,22H2,1H3. The van der Waals surface area contributed by atoms with Crippen molar-refractivity contribution in [2.75, 3.05) is 31.9 Å². The van der Waals surface area contributed by atoms with Gasteiger partial charge in [-0.3, -0.25) is 9.80 Å². The Balaban J connectivity index is 1.30. The van der Waals surface area contributed by atoms with Crippen LogP contribution in [0.15, 0.2) is 53.1 Å². The molecular formula is C21H25N5O. The molecule has 1 aromatic heterocycles. The smallest absolute Gasteiger partial charge is 0.241 e. The number of nitrogens with two attached hydrogens (primary N) is 1. The molecule has 27 heavy (non-hydrogen) atoms. The fourth-order valence-electron chi connectivity index (χ4n) is 3.39. The van der Waals surface area contributed by atoms with E-state index in [9.17, 15) is 0 Å². The molecule has 1 aliphatic rings. The van der Waals surface area contributed by atoms with Gasteiger partial charge in [0.15, 0.2) is 0 Å². The van der Waals surface area contributed by atoms with Gasteiger partial charge < -0.3 is 10.3 Å². The normalized spacial score (nSPS) is 15.9. The van der Waals surface area contributed by atoms with E-state index >= 15 is 0 Å². The Morgan fingerprint density at radius 3 is 2.37 bits per heavy atom. The molecule has 0 radical (unpaired) electrons. The molecule has 1 fully saturated rings. The van der Waals surface area contributed by atoms with Gasteiger partial charge in [-0.25, -0.2) is 0 Å². The van der Waals surface area contributed by atoms with Gasteiger partial charge in [0.2, 0.25) is 11.7 Å². The minimum absolute atomic E-state index is 0.658. The van der Waals surface area contributed by atoms with Crippen molar-refractivity contribution in [1.82, 2.24) is 19.9 Å². The Hall–Kier alpha value is -2.70. The molecule has 0 aliphatic carbocycles. The van der Waals surface area contributed by atoms with Gasteiger partial charge in [-0.1, -0.05) is 47.1 Å². The predicted molar refractivity (Wildman–Crippen MR) is 106 cm³/mol. The summed E-state index contributed by atoms with van der Waals surface area (Å²) in [5, 5.41) is 4.13. The van der Waals surface area contributed by atoms with Gasteiger partial charge in [-0.15, -0.1) is 0 Å². The molecule has 0 bridgehead atoms. The second-order valence-electron chi connectivity index (χ2n) is 7.18. The van der Waals surface area contributed by atoms with Crippen LogP contribution in [0.25, 0.3) is 11.4 Å². The van der Waals surface area contributed by atoms with Gasteiger partial charge >= 0.3 is 0 Å². The van der Waals surface area contributed by atoms with E-state index in [1.807, 2.05) is 24.3 Å². The first-order valence-corrected chi connectivity index (χ1v) is 9.34. The highest BCUT2D eigenvalue weighted by Crippen LogP contribution is 2.18. The lowest BCUT2D eigenvalue weighted by Gasteiger charge is -2.33. The molecular weight excluding hydrogens is 338 g/mol. The zero-order valence-corrected chi connectivity index (χ0v) is 15.6. The first kappa shape index (κ1) is 17.7. The fourth-order valence-corrected chi connectivity index (χ4v) is 3.39. The van der Waals surface area contributed by atoms with E-state index in [1.54, 1.807) is 0 Å². The summed E-state index contributed by atoms with van der Waals surface area (Å²) in [7, 11) is 0. The number of anilines is 1. The third kappa shape index (κ3) is 4.53. The molecule has 2 heterocycles. The lowest BCUT2D eigenvalue weighted by Crippen LogP contribution is -2.45. The molecule has 0 saturated carbocycles. The molecule has 1 saturated heterocycles. The highest BCUT2D eigenvalue weighted by Gasteiger charge is 2.19. The summed E-state index contributed by atoms with van der Waals surface area (Å²) in [5.41, 5.74) is 10.2. The summed E-state index contributed by atoms with van der Waals surface area (Å²) in [6, 6.07) is 16.3. The van der Waals surface area contributed by atoms with E-state index in [-0.39, 0.29) is 0 Å². The maximum atomic E-state index is 5.87. The van der Waals surface area contributed by atoms with Crippen molar-refractivity contribution in [1.29, 1.82) is 0 Å². The predicted octanol–water partition coefficient (Wildman–Crippen LogP) is 2.95. The molecule has 140 valence electrons. The zero-order chi connectivity index (χ0) is 18.6. The van der Waals surface area contributed by atoms with Crippen LogP contribution in [-0.4, -0.2) is 46.1 Å². The summed E-state index contributed by atoms with van der Waals surface area (Å²) in [6.07, 6.45) is 0. The molecule has 1 aliphatic heterocycles. The Kier molecular flexibility index (Phi) is 5.18. The first-order chi connectivity index (χ1) is 13.2. The second kappa shape index (κ2) is 7.90. The van der Waals surface area contributed by atoms with E-state index in [2.05, 4.69) is 51.1 Å². The maximum absolute atomic E-state index is 5.87. The Bertz CT molecular complexity index is 882. The zero-order valence-electron chi connectivity index (χ0n) is 15.6. The number of piperazine rings is 1. The summed E-state index contributed by atoms with van der Waals surface area (Å²) >= 11 is 0. The SMILES string of the molecule is Cc1ccc(-c2noc(CN3CCN(Cc4cccc(N)c4)CC3)n2)cc1. The van der Waals surface area contributed by atoms with E-state index in [0.717, 1.165) is 44.0 Å². The van der Waals surface area contributed by atoms with Crippen LogP contribution in [-0.2, 0) is 13.1 Å². The number of nitrogen functional groups attached to an aromatic ring is 1. The third-order valence-electron chi connectivity index (χ3n) is 4.96. The summed E-state index contributed by atoms with van der Waals surface area (Å²) < 4.78 is 5.46. The van der Waals surface area contributed by atoms with E-state index in [0.29, 0.717) is 18.3 Å². The lowest BCUT2D eigenvalue weighted by molar-refractivity contribution is 0.112. The van der Waals surface area contributed by atoms with Gasteiger partial charge in [-0.2, -0.15) is 4.98 Å². The number of benzene rings is 2. The van der Waals surface area contributed by atoms with Crippen LogP contribution in [0.1, 0.15) is 17.0 Å². The monoisotopic (exact) mass is 363 g/mol. The van der Waals surface area contributed by atoms with Crippen LogP contribution in [0.2, 0.25) is 0 Å². The number of hydrogen-bond acceptors (Lipinski definition) is 6. The van der Waals surface area contributed by atoms with Gasteiger partial charge in [-0.05, 0) is 24.6 Å². The van der Waals surface area contributed by atoms with Gasteiger partial charge in [0.05, 0.1) is 6.54 Å². The van der Waals surface area contributed by atoms with Gasteiger partial charge in [0.1, 0.15) is 0 Å². The van der Waals surface area contributed by atoms with Crippen molar-refractivity contribution in [3.05, 3.63) is 65.5 Å². The molecule has 6 heteroatoms. The van der Waals surface area contributed by atoms with E-state index in [4.69, 9.17) is 10.3 Å². The first-order valence-electron chi connectivity index (χ1n) is 9.34. The fraction of sp³-hybridized carbons (Fsp3) is 0.333. The number of hydrogen-bond donors (Lipinski definition) is 1. The highest BCUT2D eigenvalue weighted by molar-refractivity contribution is 5.54. The van der Waals surface area contributed by atoms with Crippen molar-refractivity contribution >= 4 is 5.69 Å². The number of aryl methyl sites for hydroxylation is 1. The largest absolute Gasteiger partial charge is 0.399 e. The van der Waals surface area contributed by atoms with E-state index in [1.165, 1.54) is 11.1 Å². The minimum Gasteiger partial charge on any atom is -0.399 e. The molecule has 2 aromatic carbocycles. The topological polar surface area (TPSA) is 71.4 Å². The van der Waals surface area contributed by atoms with Crippen molar-refractivity contribution in [2.24, 2.45) is 0 Å². The van der Waals surface area contributed by atoms with Gasteiger partial charge in [0.25, 0.3) is 0 Å². The lowest BCUT2D eigenvalue weighted by atomic mass is 10.1. The average Bonchev–Trinajstić information content (AvgIpc) is 3.12. The average molecular weight is 363 g/mol. The minimum atomic E-state index is 0.658. The van der Waals surface area contributed by atoms with Crippen LogP contribution < -0.4 is 5.73 Å². The van der Waals surface area contributed by atoms with Crippen LogP contribution in [0.5, 0.6) is 0 Å². The maximum Gasteiger partial charge on any atom is 0.241 e. The Labute approximate surface area is 159 Å². The van der Waals surface area contributed by atoms with Crippen LogP contribution in [0, 0.1) is 6.92 Å². The summed E-state index contributed by atoms with van der Waals surface area (Å²) in [5.74, 6) is 1.33. The van der Waals surface area contributed by atoms with Crippen molar-refractivity contribution in [3.8, 4) is 11.4 Å². The summed E-state index contributed by atoms with van der Waals surface area (Å²) in [4.78, 5) is 9.37. The van der Waals surface area contributed by atoms with E-state index < -0.39 is 0 Å². The number of aromatic nitrogens is 2. The number of nitrogens with zero attached hydrogens (tertiary/aromatic N) is 4. The quantitative estimate of drug-likeness (QED) is 0.703. The van der Waals surface area contributed by atoms with Crippen molar-refractivity contribution < 1.29 is 4.52 Å². The molecule has 3 aromatic rings. The molecule has 0 atom stereocenters. The van der Waals surface area contributed by atoms with Crippen LogP contribution in [0.4, 0.5) is 5.69 Å². The second-order valence-corrected chi connectivity index (χ2v) is 7.18. The molecule has 0 spiro atoms. The van der Waals surface area contributed by atoms with Gasteiger partial charge in [0, 0.05) is 44.0 Å². The molecule has 4 rings (SSSR count). The van der Waals surface area contributed by atoms with Crippen molar-refractivity contribution in [3.63, 3.8) is 0 Å². The van der Waals surface area contributed by atoms with Crippen LogP contribution in [0.3, 0.4) is 0 Å². The third-order valence-corrected chi connectivity index (χ3v) is 4.96. The van der Waals surface area contributed by atoms with Crippen molar-refractivity contribution in [2.45, 2.75) is 20.0 Å². The summed E-state index contributed by atoms with van der Waals surface area (Å²) in [6.45, 7) is 7.73. The molecule has 2 N–H and O–H groups in total. The Morgan fingerprint density at radius 1 is 0.963 bits per heavy atom. The molecule has 0 unspecified atom stereocenters.